The second-order valence-electron chi connectivity index (χ2n) is 1.96. The van der Waals surface area contributed by atoms with Crippen LogP contribution in [0.15, 0.2) is 0 Å². The lowest BCUT2D eigenvalue weighted by Gasteiger charge is -2.10. The highest BCUT2D eigenvalue weighted by Gasteiger charge is 2.23. The zero-order chi connectivity index (χ0) is 9.07. The van der Waals surface area contributed by atoms with Crippen molar-refractivity contribution >= 4 is 56.7 Å². The summed E-state index contributed by atoms with van der Waals surface area (Å²) in [6.07, 6.45) is 0.520. The lowest BCUT2D eigenvalue weighted by atomic mass is 10.2. The molecule has 0 aromatic heterocycles. The molecular weight excluding hydrogens is 278 g/mol. The fourth-order valence-electron chi connectivity index (χ4n) is 0.414. The molecule has 0 rings (SSSR count). The third kappa shape index (κ3) is 7.19. The van der Waals surface area contributed by atoms with Crippen molar-refractivity contribution < 1.29 is 9.90 Å². The molecule has 0 heterocycles. The van der Waals surface area contributed by atoms with Crippen molar-refractivity contribution in [1.82, 2.24) is 0 Å². The number of carbonyl (C=O) groups is 1. The Morgan fingerprint density at radius 1 is 1.55 bits per heavy atom. The number of carboxylic acid groups (broad SMARTS) is 1. The molecule has 0 aliphatic rings. The fourth-order valence-corrected chi connectivity index (χ4v) is 0.970. The van der Waals surface area contributed by atoms with Crippen LogP contribution in [0.3, 0.4) is 0 Å². The molecule has 0 amide bonds. The first-order valence-electron chi connectivity index (χ1n) is 2.76. The van der Waals surface area contributed by atoms with Crippen LogP contribution in [-0.4, -0.2) is 19.7 Å². The van der Waals surface area contributed by atoms with Gasteiger partial charge in [-0.3, -0.25) is 4.79 Å². The Balaban J connectivity index is 3.63. The Morgan fingerprint density at radius 3 is 2.27 bits per heavy atom. The topological polar surface area (TPSA) is 37.3 Å². The van der Waals surface area contributed by atoms with Crippen LogP contribution in [0.1, 0.15) is 12.8 Å². The van der Waals surface area contributed by atoms with Gasteiger partial charge in [0.1, 0.15) is 4.83 Å². The molecule has 0 saturated carbocycles. The minimum Gasteiger partial charge on any atom is -0.480 e. The van der Waals surface area contributed by atoms with Gasteiger partial charge in [-0.05, 0) is 12.8 Å². The van der Waals surface area contributed by atoms with Gasteiger partial charge in [0.05, 0.1) is 0 Å². The van der Waals surface area contributed by atoms with Crippen LogP contribution in [0.4, 0.5) is 0 Å². The maximum Gasteiger partial charge on any atom is 0.317 e. The molecule has 0 aromatic rings. The molecule has 1 N–H and O–H groups in total. The Morgan fingerprint density at radius 2 is 2.00 bits per heavy atom. The molecule has 1 atom stereocenters. The van der Waals surface area contributed by atoms with Gasteiger partial charge in [0.2, 0.25) is 0 Å². The molecule has 2 nitrogen and oxygen atoms in total. The van der Waals surface area contributed by atoms with E-state index in [1.807, 2.05) is 0 Å². The molecule has 0 radical (unpaired) electrons. The largest absolute Gasteiger partial charge is 0.480 e. The lowest BCUT2D eigenvalue weighted by Crippen LogP contribution is -2.15. The summed E-state index contributed by atoms with van der Waals surface area (Å²) in [6, 6.07) is 0. The van der Waals surface area contributed by atoms with E-state index >= 15 is 0 Å². The van der Waals surface area contributed by atoms with Crippen molar-refractivity contribution in [2.24, 2.45) is 0 Å². The molecule has 66 valence electrons. The minimum absolute atomic E-state index is 0.222. The summed E-state index contributed by atoms with van der Waals surface area (Å²) in [5, 5.41) is 8.40. The fraction of sp³-hybridized carbons (Fsp3) is 0.800. The number of aliphatic carboxylic acids is 1. The number of hydrogen-bond donors (Lipinski definition) is 1. The van der Waals surface area contributed by atoms with Gasteiger partial charge in [0.25, 0.3) is 0 Å². The van der Waals surface area contributed by atoms with Crippen molar-refractivity contribution in [3.8, 4) is 0 Å². The summed E-state index contributed by atoms with van der Waals surface area (Å²) < 4.78 is -1.36. The van der Waals surface area contributed by atoms with Crippen molar-refractivity contribution in [1.29, 1.82) is 0 Å². The number of hydrogen-bond acceptors (Lipinski definition) is 1. The summed E-state index contributed by atoms with van der Waals surface area (Å²) in [4.78, 5) is 9.60. The van der Waals surface area contributed by atoms with E-state index in [0.29, 0.717) is 6.42 Å². The number of carboxylic acids is 1. The standard InChI is InChI=1S/C5H6BrCl3O2/c6-3(4(10)11)1-2-5(7,8)9/h3H,1-2H2,(H,10,11). The first kappa shape index (κ1) is 11.8. The van der Waals surface area contributed by atoms with Crippen LogP contribution in [0, 0.1) is 0 Å². The van der Waals surface area contributed by atoms with E-state index in [2.05, 4.69) is 15.9 Å². The molecule has 0 spiro atoms. The van der Waals surface area contributed by atoms with Crippen LogP contribution >= 0.6 is 50.7 Å². The molecule has 0 saturated heterocycles. The Hall–Kier alpha value is 0.820. The van der Waals surface area contributed by atoms with Crippen LogP contribution in [0.25, 0.3) is 0 Å². The van der Waals surface area contributed by atoms with Gasteiger partial charge < -0.3 is 5.11 Å². The molecule has 0 fully saturated rings. The highest BCUT2D eigenvalue weighted by molar-refractivity contribution is 9.10. The van der Waals surface area contributed by atoms with Gasteiger partial charge >= 0.3 is 5.97 Å². The highest BCUT2D eigenvalue weighted by atomic mass is 79.9. The first-order chi connectivity index (χ1) is 4.83. The van der Waals surface area contributed by atoms with E-state index in [1.54, 1.807) is 0 Å². The quantitative estimate of drug-likeness (QED) is 0.809. The maximum atomic E-state index is 10.2. The summed E-state index contributed by atoms with van der Waals surface area (Å²) in [5.41, 5.74) is 0. The van der Waals surface area contributed by atoms with E-state index in [-0.39, 0.29) is 6.42 Å². The van der Waals surface area contributed by atoms with Crippen molar-refractivity contribution in [3.05, 3.63) is 0 Å². The summed E-state index contributed by atoms with van der Waals surface area (Å²) in [6.45, 7) is 0. The van der Waals surface area contributed by atoms with Gasteiger partial charge in [-0.1, -0.05) is 50.7 Å². The Kier molecular flexibility index (Phi) is 5.10. The Labute approximate surface area is 87.9 Å². The van der Waals surface area contributed by atoms with Crippen LogP contribution < -0.4 is 0 Å². The van der Waals surface area contributed by atoms with Crippen molar-refractivity contribution in [2.75, 3.05) is 0 Å². The molecule has 6 heteroatoms. The maximum absolute atomic E-state index is 10.2. The third-order valence-electron chi connectivity index (χ3n) is 0.949. The molecule has 11 heavy (non-hydrogen) atoms. The van der Waals surface area contributed by atoms with E-state index < -0.39 is 14.6 Å². The smallest absolute Gasteiger partial charge is 0.317 e. The predicted molar refractivity (Wildman–Crippen MR) is 49.9 cm³/mol. The SMILES string of the molecule is O=C(O)C(Br)CCC(Cl)(Cl)Cl. The average Bonchev–Trinajstić information content (AvgIpc) is 1.80. The predicted octanol–water partition coefficient (Wildman–Crippen LogP) is 2.98. The molecule has 0 bridgehead atoms. The summed E-state index contributed by atoms with van der Waals surface area (Å²) >= 11 is 19.1. The summed E-state index contributed by atoms with van der Waals surface area (Å²) in [5.74, 6) is -0.945. The average molecular weight is 284 g/mol. The highest BCUT2D eigenvalue weighted by Crippen LogP contribution is 2.32. The number of rotatable bonds is 3. The van der Waals surface area contributed by atoms with Crippen LogP contribution in [0.2, 0.25) is 0 Å². The third-order valence-corrected chi connectivity index (χ3v) is 2.37. The molecular formula is C5H6BrCl3O2. The van der Waals surface area contributed by atoms with Gasteiger partial charge in [0, 0.05) is 0 Å². The first-order valence-corrected chi connectivity index (χ1v) is 4.81. The van der Waals surface area contributed by atoms with Gasteiger partial charge in [-0.25, -0.2) is 0 Å². The monoisotopic (exact) mass is 282 g/mol. The molecule has 0 aromatic carbocycles. The van der Waals surface area contributed by atoms with Crippen LogP contribution in [-0.2, 0) is 4.79 Å². The van der Waals surface area contributed by atoms with E-state index in [9.17, 15) is 4.79 Å². The van der Waals surface area contributed by atoms with E-state index in [4.69, 9.17) is 39.9 Å². The Bertz CT molecular complexity index is 145. The van der Waals surface area contributed by atoms with E-state index in [0.717, 1.165) is 0 Å². The second-order valence-corrected chi connectivity index (χ2v) is 5.58. The van der Waals surface area contributed by atoms with Gasteiger partial charge in [-0.15, -0.1) is 0 Å². The lowest BCUT2D eigenvalue weighted by molar-refractivity contribution is -0.136. The van der Waals surface area contributed by atoms with Crippen molar-refractivity contribution in [3.63, 3.8) is 0 Å². The number of alkyl halides is 4. The zero-order valence-electron chi connectivity index (χ0n) is 5.36. The van der Waals surface area contributed by atoms with Crippen molar-refractivity contribution in [2.45, 2.75) is 21.5 Å². The van der Waals surface area contributed by atoms with Gasteiger partial charge in [-0.2, -0.15) is 0 Å². The normalized spacial score (nSPS) is 14.5. The second kappa shape index (κ2) is 4.75. The molecule has 1 unspecified atom stereocenters. The molecule has 0 aliphatic carbocycles. The summed E-state index contributed by atoms with van der Waals surface area (Å²) in [7, 11) is 0. The molecule has 0 aliphatic heterocycles. The zero-order valence-corrected chi connectivity index (χ0v) is 9.21. The van der Waals surface area contributed by atoms with E-state index in [1.165, 1.54) is 0 Å². The van der Waals surface area contributed by atoms with Gasteiger partial charge in [0.15, 0.2) is 3.79 Å². The van der Waals surface area contributed by atoms with Crippen LogP contribution in [0.5, 0.6) is 0 Å². The minimum atomic E-state index is -1.36. The number of halogens is 4.